The summed E-state index contributed by atoms with van der Waals surface area (Å²) in [6.07, 6.45) is 0. The standard InChI is InChI=1S/C20H15FN2O2S/c1-11-16(12-3-7-14(21)8-4-12)17-19(24)22-18(23-20(17)26-11)13-5-9-15(25-2)10-6-13/h3-10H,1-2H3,(H,22,23,24). The first kappa shape index (κ1) is 16.5. The van der Waals surface area contributed by atoms with Crippen LogP contribution in [0.4, 0.5) is 4.39 Å². The largest absolute Gasteiger partial charge is 0.497 e. The molecule has 0 aliphatic carbocycles. The van der Waals surface area contributed by atoms with Crippen LogP contribution in [0.25, 0.3) is 32.7 Å². The van der Waals surface area contributed by atoms with Crippen molar-refractivity contribution >= 4 is 21.6 Å². The molecule has 2 aromatic heterocycles. The van der Waals surface area contributed by atoms with Gasteiger partial charge in [0.1, 0.15) is 22.2 Å². The van der Waals surface area contributed by atoms with E-state index in [1.807, 2.05) is 31.2 Å². The number of fused-ring (bicyclic) bond motifs is 1. The first-order valence-electron chi connectivity index (χ1n) is 8.00. The molecule has 0 amide bonds. The molecule has 6 heteroatoms. The van der Waals surface area contributed by atoms with Crippen LogP contribution in [0.5, 0.6) is 5.75 Å². The number of nitrogens with zero attached hydrogens (tertiary/aromatic N) is 1. The highest BCUT2D eigenvalue weighted by atomic mass is 32.1. The third-order valence-corrected chi connectivity index (χ3v) is 5.23. The Morgan fingerprint density at radius 1 is 1.04 bits per heavy atom. The maximum absolute atomic E-state index is 13.2. The van der Waals surface area contributed by atoms with E-state index >= 15 is 0 Å². The van der Waals surface area contributed by atoms with Crippen molar-refractivity contribution in [3.05, 3.63) is 69.6 Å². The summed E-state index contributed by atoms with van der Waals surface area (Å²) >= 11 is 1.46. The zero-order valence-corrected chi connectivity index (χ0v) is 15.0. The molecule has 0 unspecified atom stereocenters. The highest BCUT2D eigenvalue weighted by Crippen LogP contribution is 2.36. The minimum Gasteiger partial charge on any atom is -0.497 e. The summed E-state index contributed by atoms with van der Waals surface area (Å²) in [5.74, 6) is 0.944. The number of nitrogens with one attached hydrogen (secondary N) is 1. The Balaban J connectivity index is 1.89. The molecule has 0 bridgehead atoms. The molecule has 2 heterocycles. The van der Waals surface area contributed by atoms with E-state index in [0.29, 0.717) is 16.0 Å². The van der Waals surface area contributed by atoms with Gasteiger partial charge < -0.3 is 9.72 Å². The molecule has 4 aromatic rings. The highest BCUT2D eigenvalue weighted by Gasteiger charge is 2.17. The quantitative estimate of drug-likeness (QED) is 0.568. The van der Waals surface area contributed by atoms with Crippen molar-refractivity contribution < 1.29 is 9.13 Å². The Labute approximate surface area is 152 Å². The Bertz CT molecular complexity index is 1150. The van der Waals surface area contributed by atoms with Crippen LogP contribution in [0.1, 0.15) is 4.88 Å². The van der Waals surface area contributed by atoms with E-state index < -0.39 is 0 Å². The van der Waals surface area contributed by atoms with Crippen molar-refractivity contribution in [2.75, 3.05) is 7.11 Å². The van der Waals surface area contributed by atoms with E-state index in [1.54, 1.807) is 19.2 Å². The van der Waals surface area contributed by atoms with Crippen molar-refractivity contribution in [1.82, 2.24) is 9.97 Å². The van der Waals surface area contributed by atoms with Crippen LogP contribution in [0.3, 0.4) is 0 Å². The molecule has 0 aliphatic heterocycles. The molecule has 26 heavy (non-hydrogen) atoms. The second-order valence-corrected chi connectivity index (χ2v) is 7.07. The lowest BCUT2D eigenvalue weighted by molar-refractivity contribution is 0.415. The Morgan fingerprint density at radius 2 is 1.69 bits per heavy atom. The van der Waals surface area contributed by atoms with Crippen molar-refractivity contribution in [3.8, 4) is 28.3 Å². The average Bonchev–Trinajstić information content (AvgIpc) is 2.99. The second-order valence-electron chi connectivity index (χ2n) is 5.86. The van der Waals surface area contributed by atoms with Crippen molar-refractivity contribution in [2.45, 2.75) is 6.92 Å². The van der Waals surface area contributed by atoms with Crippen LogP contribution < -0.4 is 10.3 Å². The summed E-state index contributed by atoms with van der Waals surface area (Å²) in [7, 11) is 1.60. The van der Waals surface area contributed by atoms with Crippen LogP contribution >= 0.6 is 11.3 Å². The molecule has 4 rings (SSSR count). The van der Waals surface area contributed by atoms with Gasteiger partial charge in [-0.2, -0.15) is 0 Å². The SMILES string of the molecule is COc1ccc(-c2nc3sc(C)c(-c4ccc(F)cc4)c3c(=O)[nH]2)cc1. The number of H-pyrrole nitrogens is 1. The minimum atomic E-state index is -0.306. The summed E-state index contributed by atoms with van der Waals surface area (Å²) < 4.78 is 18.4. The number of rotatable bonds is 3. The molecule has 0 radical (unpaired) electrons. The average molecular weight is 366 g/mol. The maximum atomic E-state index is 13.2. The molecular weight excluding hydrogens is 351 g/mol. The molecule has 1 N–H and O–H groups in total. The smallest absolute Gasteiger partial charge is 0.260 e. The minimum absolute atomic E-state index is 0.204. The molecule has 0 saturated carbocycles. The lowest BCUT2D eigenvalue weighted by atomic mass is 10.0. The number of methoxy groups -OCH3 is 1. The predicted octanol–water partition coefficient (Wildman–Crippen LogP) is 4.77. The third-order valence-electron chi connectivity index (χ3n) is 4.23. The summed E-state index contributed by atoms with van der Waals surface area (Å²) in [4.78, 5) is 21.9. The van der Waals surface area contributed by atoms with E-state index in [0.717, 1.165) is 27.3 Å². The summed E-state index contributed by atoms with van der Waals surface area (Å²) in [6.45, 7) is 1.94. The van der Waals surface area contributed by atoms with E-state index in [2.05, 4.69) is 9.97 Å². The first-order valence-corrected chi connectivity index (χ1v) is 8.82. The molecule has 0 spiro atoms. The zero-order chi connectivity index (χ0) is 18.3. The van der Waals surface area contributed by atoms with Gasteiger partial charge in [0.25, 0.3) is 5.56 Å². The van der Waals surface area contributed by atoms with Gasteiger partial charge in [0.15, 0.2) is 0 Å². The van der Waals surface area contributed by atoms with Crippen molar-refractivity contribution in [3.63, 3.8) is 0 Å². The van der Waals surface area contributed by atoms with E-state index in [9.17, 15) is 9.18 Å². The van der Waals surface area contributed by atoms with Crippen LogP contribution in [-0.2, 0) is 0 Å². The Hall–Kier alpha value is -2.99. The van der Waals surface area contributed by atoms with E-state index in [4.69, 9.17) is 4.74 Å². The van der Waals surface area contributed by atoms with Crippen LogP contribution in [0, 0.1) is 12.7 Å². The fourth-order valence-corrected chi connectivity index (χ4v) is 4.01. The maximum Gasteiger partial charge on any atom is 0.260 e. The molecule has 130 valence electrons. The summed E-state index contributed by atoms with van der Waals surface area (Å²) in [5, 5.41) is 0.538. The molecule has 2 aromatic carbocycles. The number of aromatic nitrogens is 2. The van der Waals surface area contributed by atoms with Gasteiger partial charge >= 0.3 is 0 Å². The normalized spacial score (nSPS) is 11.0. The highest BCUT2D eigenvalue weighted by molar-refractivity contribution is 7.19. The fourth-order valence-electron chi connectivity index (χ4n) is 2.97. The summed E-state index contributed by atoms with van der Waals surface area (Å²) in [5.41, 5.74) is 2.21. The van der Waals surface area contributed by atoms with Gasteiger partial charge in [-0.3, -0.25) is 4.79 Å². The number of ether oxygens (including phenoxy) is 1. The number of hydrogen-bond donors (Lipinski definition) is 1. The molecule has 4 nitrogen and oxygen atoms in total. The summed E-state index contributed by atoms with van der Waals surface area (Å²) in [6, 6.07) is 13.5. The van der Waals surface area contributed by atoms with Gasteiger partial charge in [0.2, 0.25) is 0 Å². The van der Waals surface area contributed by atoms with Crippen LogP contribution in [0.15, 0.2) is 53.3 Å². The van der Waals surface area contributed by atoms with Gasteiger partial charge in [0, 0.05) is 16.0 Å². The lowest BCUT2D eigenvalue weighted by Crippen LogP contribution is -2.09. The van der Waals surface area contributed by atoms with Crippen molar-refractivity contribution in [2.24, 2.45) is 0 Å². The number of hydrogen-bond acceptors (Lipinski definition) is 4. The second kappa shape index (κ2) is 6.38. The van der Waals surface area contributed by atoms with Crippen LogP contribution in [0.2, 0.25) is 0 Å². The molecule has 0 saturated heterocycles. The molecule has 0 fully saturated rings. The zero-order valence-electron chi connectivity index (χ0n) is 14.2. The number of benzene rings is 2. The topological polar surface area (TPSA) is 55.0 Å². The number of aryl methyl sites for hydroxylation is 1. The Kier molecular flexibility index (Phi) is 4.05. The van der Waals surface area contributed by atoms with Gasteiger partial charge in [0.05, 0.1) is 12.5 Å². The lowest BCUT2D eigenvalue weighted by Gasteiger charge is -2.04. The number of aromatic amines is 1. The molecule has 0 aliphatic rings. The molecular formula is C20H15FN2O2S. The Morgan fingerprint density at radius 3 is 2.35 bits per heavy atom. The van der Waals surface area contributed by atoms with Gasteiger partial charge in [-0.15, -0.1) is 11.3 Å². The van der Waals surface area contributed by atoms with Gasteiger partial charge in [-0.1, -0.05) is 12.1 Å². The van der Waals surface area contributed by atoms with Crippen LogP contribution in [-0.4, -0.2) is 17.1 Å². The fraction of sp³-hybridized carbons (Fsp3) is 0.100. The van der Waals surface area contributed by atoms with E-state index in [-0.39, 0.29) is 11.4 Å². The monoisotopic (exact) mass is 366 g/mol. The van der Waals surface area contributed by atoms with E-state index in [1.165, 1.54) is 23.5 Å². The first-order chi connectivity index (χ1) is 12.6. The van der Waals surface area contributed by atoms with Gasteiger partial charge in [-0.25, -0.2) is 9.37 Å². The predicted molar refractivity (Wildman–Crippen MR) is 102 cm³/mol. The number of halogens is 1. The van der Waals surface area contributed by atoms with Crippen molar-refractivity contribution in [1.29, 1.82) is 0 Å². The third kappa shape index (κ3) is 2.78. The van der Waals surface area contributed by atoms with Gasteiger partial charge in [-0.05, 0) is 48.9 Å². The molecule has 0 atom stereocenters. The number of thiophene rings is 1.